The fourth-order valence-electron chi connectivity index (χ4n) is 2.25. The van der Waals surface area contributed by atoms with Crippen molar-refractivity contribution in [2.75, 3.05) is 18.6 Å². The maximum atomic E-state index is 5.42. The quantitative estimate of drug-likeness (QED) is 0.799. The van der Waals surface area contributed by atoms with Gasteiger partial charge in [0.25, 0.3) is 0 Å². The molecule has 0 atom stereocenters. The average molecular weight is 255 g/mol. The van der Waals surface area contributed by atoms with Crippen molar-refractivity contribution >= 4 is 5.69 Å². The maximum Gasteiger partial charge on any atom is 0.123 e. The van der Waals surface area contributed by atoms with Crippen LogP contribution in [0.25, 0.3) is 0 Å². The van der Waals surface area contributed by atoms with E-state index in [1.165, 1.54) is 16.8 Å². The summed E-state index contributed by atoms with van der Waals surface area (Å²) in [5, 5.41) is 0. The van der Waals surface area contributed by atoms with E-state index in [1.807, 2.05) is 12.1 Å². The molecule has 0 radical (unpaired) electrons. The molecule has 2 rings (SSSR count). The Labute approximate surface area is 115 Å². The highest BCUT2D eigenvalue weighted by Crippen LogP contribution is 2.23. The lowest BCUT2D eigenvalue weighted by atomic mass is 10.1. The molecule has 2 heteroatoms. The van der Waals surface area contributed by atoms with Crippen molar-refractivity contribution in [2.45, 2.75) is 20.4 Å². The molecule has 0 bridgehead atoms. The van der Waals surface area contributed by atoms with E-state index in [-0.39, 0.29) is 0 Å². The largest absolute Gasteiger partial charge is 0.496 e. The minimum Gasteiger partial charge on any atom is -0.496 e. The van der Waals surface area contributed by atoms with Gasteiger partial charge in [0, 0.05) is 24.3 Å². The van der Waals surface area contributed by atoms with Crippen molar-refractivity contribution < 1.29 is 4.74 Å². The molecule has 0 unspecified atom stereocenters. The van der Waals surface area contributed by atoms with Crippen LogP contribution in [0.2, 0.25) is 0 Å². The lowest BCUT2D eigenvalue weighted by molar-refractivity contribution is 0.409. The van der Waals surface area contributed by atoms with Crippen LogP contribution in [0.5, 0.6) is 5.75 Å². The first-order chi connectivity index (χ1) is 9.24. The number of para-hydroxylation sites is 1. The first-order valence-corrected chi connectivity index (χ1v) is 6.68. The Kier molecular flexibility index (Phi) is 4.45. The molecule has 0 fully saturated rings. The van der Waals surface area contributed by atoms with Gasteiger partial charge in [0.15, 0.2) is 0 Å². The van der Waals surface area contributed by atoms with E-state index in [2.05, 4.69) is 55.1 Å². The minimum absolute atomic E-state index is 0.865. The van der Waals surface area contributed by atoms with Gasteiger partial charge in [0.2, 0.25) is 0 Å². The van der Waals surface area contributed by atoms with Crippen molar-refractivity contribution in [1.82, 2.24) is 0 Å². The molecule has 0 amide bonds. The third-order valence-electron chi connectivity index (χ3n) is 3.30. The highest BCUT2D eigenvalue weighted by atomic mass is 16.5. The summed E-state index contributed by atoms with van der Waals surface area (Å²) < 4.78 is 5.42. The van der Waals surface area contributed by atoms with E-state index in [0.29, 0.717) is 0 Å². The van der Waals surface area contributed by atoms with Crippen molar-refractivity contribution in [3.05, 3.63) is 59.7 Å². The van der Waals surface area contributed by atoms with Crippen LogP contribution in [0, 0.1) is 6.92 Å². The Bertz CT molecular complexity index is 536. The highest BCUT2D eigenvalue weighted by molar-refractivity contribution is 5.50. The second kappa shape index (κ2) is 6.28. The summed E-state index contributed by atoms with van der Waals surface area (Å²) in [5.74, 6) is 0.952. The van der Waals surface area contributed by atoms with Crippen LogP contribution in [-0.4, -0.2) is 13.7 Å². The number of benzene rings is 2. The van der Waals surface area contributed by atoms with Gasteiger partial charge >= 0.3 is 0 Å². The predicted octanol–water partition coefficient (Wildman–Crippen LogP) is 4.03. The van der Waals surface area contributed by atoms with Gasteiger partial charge in [-0.05, 0) is 37.6 Å². The molecule has 2 nitrogen and oxygen atoms in total. The number of ether oxygens (including phenoxy) is 1. The van der Waals surface area contributed by atoms with E-state index in [9.17, 15) is 0 Å². The first kappa shape index (κ1) is 13.5. The van der Waals surface area contributed by atoms with Crippen LogP contribution in [0.4, 0.5) is 5.69 Å². The molecule has 2 aromatic carbocycles. The Morgan fingerprint density at radius 1 is 1.05 bits per heavy atom. The Balaban J connectivity index is 2.24. The van der Waals surface area contributed by atoms with E-state index in [4.69, 9.17) is 4.74 Å². The zero-order valence-corrected chi connectivity index (χ0v) is 11.9. The lowest BCUT2D eigenvalue weighted by Gasteiger charge is -2.24. The summed E-state index contributed by atoms with van der Waals surface area (Å²) in [4.78, 5) is 2.35. The third kappa shape index (κ3) is 3.28. The smallest absolute Gasteiger partial charge is 0.123 e. The van der Waals surface area contributed by atoms with Crippen LogP contribution in [0.3, 0.4) is 0 Å². The van der Waals surface area contributed by atoms with Crippen LogP contribution >= 0.6 is 0 Å². The minimum atomic E-state index is 0.865. The molecule has 0 aliphatic carbocycles. The molecule has 100 valence electrons. The molecule has 0 aliphatic rings. The molecule has 0 aromatic heterocycles. The van der Waals surface area contributed by atoms with Crippen LogP contribution in [0.1, 0.15) is 18.1 Å². The van der Waals surface area contributed by atoms with Gasteiger partial charge in [0.1, 0.15) is 5.75 Å². The predicted molar refractivity (Wildman–Crippen MR) is 80.9 cm³/mol. The second-order valence-corrected chi connectivity index (χ2v) is 4.67. The molecule has 19 heavy (non-hydrogen) atoms. The molecule has 0 spiro atoms. The molecule has 0 saturated carbocycles. The van der Waals surface area contributed by atoms with E-state index >= 15 is 0 Å². The van der Waals surface area contributed by atoms with E-state index < -0.39 is 0 Å². The highest BCUT2D eigenvalue weighted by Gasteiger charge is 2.08. The maximum absolute atomic E-state index is 5.42. The van der Waals surface area contributed by atoms with Crippen molar-refractivity contribution in [3.8, 4) is 5.75 Å². The molecule has 0 heterocycles. The Hall–Kier alpha value is -1.96. The summed E-state index contributed by atoms with van der Waals surface area (Å²) in [5.41, 5.74) is 3.76. The van der Waals surface area contributed by atoms with Crippen LogP contribution < -0.4 is 9.64 Å². The monoisotopic (exact) mass is 255 g/mol. The molecule has 0 aliphatic heterocycles. The average Bonchev–Trinajstić information content (AvgIpc) is 2.45. The SMILES string of the molecule is CCN(Cc1ccccc1OC)c1cccc(C)c1. The standard InChI is InChI=1S/C17H21NO/c1-4-18(16-10-7-8-14(2)12-16)13-15-9-5-6-11-17(15)19-3/h5-12H,4,13H2,1-3H3. The molecule has 0 N–H and O–H groups in total. The number of hydrogen-bond acceptors (Lipinski definition) is 2. The van der Waals surface area contributed by atoms with Gasteiger partial charge in [-0.3, -0.25) is 0 Å². The van der Waals surface area contributed by atoms with E-state index in [0.717, 1.165) is 18.8 Å². The van der Waals surface area contributed by atoms with Gasteiger partial charge in [-0.15, -0.1) is 0 Å². The van der Waals surface area contributed by atoms with E-state index in [1.54, 1.807) is 7.11 Å². The number of rotatable bonds is 5. The zero-order valence-electron chi connectivity index (χ0n) is 11.9. The molecular formula is C17H21NO. The lowest BCUT2D eigenvalue weighted by Crippen LogP contribution is -2.22. The summed E-state index contributed by atoms with van der Waals surface area (Å²) in [6.45, 7) is 6.14. The van der Waals surface area contributed by atoms with Gasteiger partial charge in [-0.25, -0.2) is 0 Å². The summed E-state index contributed by atoms with van der Waals surface area (Å²) >= 11 is 0. The molecule has 0 saturated heterocycles. The van der Waals surface area contributed by atoms with Crippen molar-refractivity contribution in [3.63, 3.8) is 0 Å². The van der Waals surface area contributed by atoms with Gasteiger partial charge in [-0.1, -0.05) is 30.3 Å². The number of nitrogens with zero attached hydrogens (tertiary/aromatic N) is 1. The first-order valence-electron chi connectivity index (χ1n) is 6.68. The van der Waals surface area contributed by atoms with Crippen LogP contribution in [-0.2, 0) is 6.54 Å². The topological polar surface area (TPSA) is 12.5 Å². The summed E-state index contributed by atoms with van der Waals surface area (Å²) in [6.07, 6.45) is 0. The molecular weight excluding hydrogens is 234 g/mol. The normalized spacial score (nSPS) is 10.3. The van der Waals surface area contributed by atoms with Crippen LogP contribution in [0.15, 0.2) is 48.5 Å². The summed E-state index contributed by atoms with van der Waals surface area (Å²) in [6, 6.07) is 16.8. The number of hydrogen-bond donors (Lipinski definition) is 0. The zero-order chi connectivity index (χ0) is 13.7. The Morgan fingerprint density at radius 2 is 1.84 bits per heavy atom. The van der Waals surface area contributed by atoms with Gasteiger partial charge in [-0.2, -0.15) is 0 Å². The fourth-order valence-corrected chi connectivity index (χ4v) is 2.25. The second-order valence-electron chi connectivity index (χ2n) is 4.67. The Morgan fingerprint density at radius 3 is 2.53 bits per heavy atom. The van der Waals surface area contributed by atoms with Gasteiger partial charge in [0.05, 0.1) is 7.11 Å². The molecule has 2 aromatic rings. The fraction of sp³-hybridized carbons (Fsp3) is 0.294. The summed E-state index contributed by atoms with van der Waals surface area (Å²) in [7, 11) is 1.72. The van der Waals surface area contributed by atoms with Crippen molar-refractivity contribution in [2.24, 2.45) is 0 Å². The third-order valence-corrected chi connectivity index (χ3v) is 3.30. The van der Waals surface area contributed by atoms with Crippen molar-refractivity contribution in [1.29, 1.82) is 0 Å². The number of anilines is 1. The number of aryl methyl sites for hydroxylation is 1. The number of methoxy groups -OCH3 is 1. The van der Waals surface area contributed by atoms with Gasteiger partial charge < -0.3 is 9.64 Å².